The topological polar surface area (TPSA) is 88.2 Å². The summed E-state index contributed by atoms with van der Waals surface area (Å²) in [5, 5.41) is 4.96. The molecule has 2 N–H and O–H groups in total. The Labute approximate surface area is 127 Å². The first-order valence-electron chi connectivity index (χ1n) is 6.24. The zero-order valence-corrected chi connectivity index (χ0v) is 13.2. The predicted molar refractivity (Wildman–Crippen MR) is 84.3 cm³/mol. The van der Waals surface area contributed by atoms with Crippen molar-refractivity contribution in [1.82, 2.24) is 4.98 Å². The quantitative estimate of drug-likeness (QED) is 0.884. The summed E-state index contributed by atoms with van der Waals surface area (Å²) in [5.74, 6) is -0.465. The number of nitrogens with zero attached hydrogens (tertiary/aromatic N) is 1. The first kappa shape index (κ1) is 15.5. The van der Waals surface area contributed by atoms with E-state index in [2.05, 4.69) is 15.0 Å². The monoisotopic (exact) mass is 325 g/mol. The SMILES string of the molecule is CCS(=O)(=O)Nc1ccccc1C(=O)Nc1nc(C)cs1. The smallest absolute Gasteiger partial charge is 0.259 e. The summed E-state index contributed by atoms with van der Waals surface area (Å²) in [6.45, 7) is 3.36. The fourth-order valence-electron chi connectivity index (χ4n) is 1.59. The Morgan fingerprint density at radius 3 is 2.67 bits per heavy atom. The summed E-state index contributed by atoms with van der Waals surface area (Å²) in [6.07, 6.45) is 0. The number of thiazole rings is 1. The molecule has 0 aliphatic carbocycles. The van der Waals surface area contributed by atoms with Crippen LogP contribution in [0.1, 0.15) is 23.0 Å². The van der Waals surface area contributed by atoms with Crippen LogP contribution in [0.3, 0.4) is 0 Å². The van der Waals surface area contributed by atoms with Crippen molar-refractivity contribution in [2.75, 3.05) is 15.8 Å². The van der Waals surface area contributed by atoms with Gasteiger partial charge in [0.2, 0.25) is 10.0 Å². The molecule has 0 aliphatic heterocycles. The van der Waals surface area contributed by atoms with Crippen molar-refractivity contribution >= 4 is 38.1 Å². The zero-order valence-electron chi connectivity index (χ0n) is 11.6. The average Bonchev–Trinajstić information content (AvgIpc) is 2.84. The van der Waals surface area contributed by atoms with Crippen molar-refractivity contribution in [2.24, 2.45) is 0 Å². The summed E-state index contributed by atoms with van der Waals surface area (Å²) in [6, 6.07) is 6.45. The Bertz CT molecular complexity index is 754. The largest absolute Gasteiger partial charge is 0.298 e. The fraction of sp³-hybridized carbons (Fsp3) is 0.231. The minimum atomic E-state index is -3.44. The van der Waals surface area contributed by atoms with E-state index in [9.17, 15) is 13.2 Å². The molecule has 21 heavy (non-hydrogen) atoms. The lowest BCUT2D eigenvalue weighted by molar-refractivity contribution is 0.102. The average molecular weight is 325 g/mol. The molecule has 0 bridgehead atoms. The molecule has 8 heteroatoms. The van der Waals surface area contributed by atoms with Crippen LogP contribution in [0.5, 0.6) is 0 Å². The number of para-hydroxylation sites is 1. The van der Waals surface area contributed by atoms with E-state index in [0.29, 0.717) is 5.13 Å². The molecule has 0 radical (unpaired) electrons. The number of amides is 1. The third kappa shape index (κ3) is 4.02. The molecule has 2 rings (SSSR count). The predicted octanol–water partition coefficient (Wildman–Crippen LogP) is 2.47. The Hall–Kier alpha value is -1.93. The number of anilines is 2. The second-order valence-electron chi connectivity index (χ2n) is 4.30. The van der Waals surface area contributed by atoms with Gasteiger partial charge < -0.3 is 0 Å². The van der Waals surface area contributed by atoms with E-state index in [-0.39, 0.29) is 17.0 Å². The van der Waals surface area contributed by atoms with E-state index in [1.807, 2.05) is 12.3 Å². The number of benzene rings is 1. The molecule has 0 atom stereocenters. The Morgan fingerprint density at radius 1 is 1.33 bits per heavy atom. The van der Waals surface area contributed by atoms with Crippen molar-refractivity contribution in [3.05, 3.63) is 40.9 Å². The molecule has 0 fully saturated rings. The number of carbonyl (C=O) groups is 1. The summed E-state index contributed by atoms with van der Waals surface area (Å²) in [7, 11) is -3.44. The van der Waals surface area contributed by atoms with Crippen molar-refractivity contribution < 1.29 is 13.2 Å². The van der Waals surface area contributed by atoms with Crippen LogP contribution in [0.25, 0.3) is 0 Å². The van der Waals surface area contributed by atoms with E-state index >= 15 is 0 Å². The molecule has 0 saturated heterocycles. The number of aryl methyl sites for hydroxylation is 1. The summed E-state index contributed by atoms with van der Waals surface area (Å²) < 4.78 is 25.7. The van der Waals surface area contributed by atoms with Gasteiger partial charge in [0, 0.05) is 5.38 Å². The van der Waals surface area contributed by atoms with Crippen LogP contribution in [0.15, 0.2) is 29.6 Å². The van der Waals surface area contributed by atoms with Gasteiger partial charge in [0.15, 0.2) is 5.13 Å². The van der Waals surface area contributed by atoms with Gasteiger partial charge in [0.1, 0.15) is 0 Å². The second-order valence-corrected chi connectivity index (χ2v) is 7.17. The maximum atomic E-state index is 12.2. The number of hydrogen-bond donors (Lipinski definition) is 2. The van der Waals surface area contributed by atoms with Crippen LogP contribution in [0.2, 0.25) is 0 Å². The molecule has 6 nitrogen and oxygen atoms in total. The summed E-state index contributed by atoms with van der Waals surface area (Å²) >= 11 is 1.31. The molecular weight excluding hydrogens is 310 g/mol. The minimum absolute atomic E-state index is 0.0609. The first-order valence-corrected chi connectivity index (χ1v) is 8.77. The van der Waals surface area contributed by atoms with Gasteiger partial charge in [-0.15, -0.1) is 11.3 Å². The number of hydrogen-bond acceptors (Lipinski definition) is 5. The molecule has 1 heterocycles. The lowest BCUT2D eigenvalue weighted by Gasteiger charge is -2.10. The van der Waals surface area contributed by atoms with Gasteiger partial charge >= 0.3 is 0 Å². The van der Waals surface area contributed by atoms with Gasteiger partial charge in [-0.25, -0.2) is 13.4 Å². The fourth-order valence-corrected chi connectivity index (χ4v) is 2.93. The van der Waals surface area contributed by atoms with Gasteiger partial charge in [-0.05, 0) is 26.0 Å². The molecule has 0 unspecified atom stereocenters. The molecule has 1 aromatic heterocycles. The van der Waals surface area contributed by atoms with Crippen LogP contribution in [-0.4, -0.2) is 25.1 Å². The van der Waals surface area contributed by atoms with Gasteiger partial charge in [0.25, 0.3) is 5.91 Å². The van der Waals surface area contributed by atoms with Crippen molar-refractivity contribution in [1.29, 1.82) is 0 Å². The second kappa shape index (κ2) is 6.23. The van der Waals surface area contributed by atoms with E-state index in [4.69, 9.17) is 0 Å². The highest BCUT2D eigenvalue weighted by Crippen LogP contribution is 2.20. The third-order valence-electron chi connectivity index (χ3n) is 2.66. The van der Waals surface area contributed by atoms with Crippen LogP contribution in [0.4, 0.5) is 10.8 Å². The molecule has 0 aliphatic rings. The van der Waals surface area contributed by atoms with Crippen molar-refractivity contribution in [3.63, 3.8) is 0 Å². The molecule has 0 saturated carbocycles. The number of nitrogens with one attached hydrogen (secondary N) is 2. The molecule has 1 amide bonds. The lowest BCUT2D eigenvalue weighted by Crippen LogP contribution is -2.19. The van der Waals surface area contributed by atoms with Crippen LogP contribution in [-0.2, 0) is 10.0 Å². The number of sulfonamides is 1. The van der Waals surface area contributed by atoms with Gasteiger partial charge in [-0.2, -0.15) is 0 Å². The molecule has 1 aromatic carbocycles. The third-order valence-corrected chi connectivity index (χ3v) is 4.82. The van der Waals surface area contributed by atoms with Crippen LogP contribution >= 0.6 is 11.3 Å². The van der Waals surface area contributed by atoms with Gasteiger partial charge in [-0.1, -0.05) is 12.1 Å². The highest BCUT2D eigenvalue weighted by Gasteiger charge is 2.16. The maximum absolute atomic E-state index is 12.2. The number of aromatic nitrogens is 1. The van der Waals surface area contributed by atoms with Crippen molar-refractivity contribution in [3.8, 4) is 0 Å². The lowest BCUT2D eigenvalue weighted by atomic mass is 10.2. The Balaban J connectivity index is 2.25. The van der Waals surface area contributed by atoms with Crippen LogP contribution < -0.4 is 10.0 Å². The normalized spacial score (nSPS) is 11.1. The standard InChI is InChI=1S/C13H15N3O3S2/c1-3-21(18,19)16-11-7-5-4-6-10(11)12(17)15-13-14-9(2)8-20-13/h4-8,16H,3H2,1-2H3,(H,14,15,17). The van der Waals surface area contributed by atoms with E-state index in [1.165, 1.54) is 18.3 Å². The highest BCUT2D eigenvalue weighted by molar-refractivity contribution is 7.92. The van der Waals surface area contributed by atoms with Crippen molar-refractivity contribution in [2.45, 2.75) is 13.8 Å². The Morgan fingerprint density at radius 2 is 2.05 bits per heavy atom. The van der Waals surface area contributed by atoms with Crippen LogP contribution in [0, 0.1) is 6.92 Å². The molecule has 112 valence electrons. The van der Waals surface area contributed by atoms with Gasteiger partial charge in [0.05, 0.1) is 22.7 Å². The van der Waals surface area contributed by atoms with E-state index in [0.717, 1.165) is 5.69 Å². The Kier molecular flexibility index (Phi) is 4.59. The molecule has 2 aromatic rings. The zero-order chi connectivity index (χ0) is 15.5. The summed E-state index contributed by atoms with van der Waals surface area (Å²) in [4.78, 5) is 16.4. The maximum Gasteiger partial charge on any atom is 0.259 e. The number of rotatable bonds is 5. The van der Waals surface area contributed by atoms with Gasteiger partial charge in [-0.3, -0.25) is 14.8 Å². The van der Waals surface area contributed by atoms with E-state index < -0.39 is 15.9 Å². The number of carbonyl (C=O) groups excluding carboxylic acids is 1. The highest BCUT2D eigenvalue weighted by atomic mass is 32.2. The molecular formula is C13H15N3O3S2. The summed E-state index contributed by atoms with van der Waals surface area (Å²) in [5.41, 5.74) is 1.32. The first-order chi connectivity index (χ1) is 9.91. The minimum Gasteiger partial charge on any atom is -0.298 e. The molecule has 0 spiro atoms. The van der Waals surface area contributed by atoms with E-state index in [1.54, 1.807) is 24.3 Å².